The average molecular weight is 434 g/mol. The number of rotatable bonds is 5. The first-order valence-electron chi connectivity index (χ1n) is 7.95. The Hall–Kier alpha value is -2.23. The van der Waals surface area contributed by atoms with Crippen LogP contribution in [-0.4, -0.2) is 42.2 Å². The molecule has 28 heavy (non-hydrogen) atoms. The van der Waals surface area contributed by atoms with Crippen LogP contribution in [0.1, 0.15) is 25.8 Å². The van der Waals surface area contributed by atoms with Gasteiger partial charge in [-0.25, -0.2) is 18.4 Å². The highest BCUT2D eigenvalue weighted by Gasteiger charge is 2.49. The number of sulfonamides is 1. The summed E-state index contributed by atoms with van der Waals surface area (Å²) in [7, 11) is -3.70. The van der Waals surface area contributed by atoms with Crippen molar-refractivity contribution < 1.29 is 26.4 Å². The van der Waals surface area contributed by atoms with E-state index in [4.69, 9.17) is 23.9 Å². The number of amides is 1. The Morgan fingerprint density at radius 2 is 1.93 bits per heavy atom. The molecule has 0 bridgehead atoms. The lowest BCUT2D eigenvalue weighted by Gasteiger charge is -2.29. The van der Waals surface area contributed by atoms with Crippen molar-refractivity contribution in [3.8, 4) is 0 Å². The van der Waals surface area contributed by atoms with Gasteiger partial charge in [0.25, 0.3) is 5.91 Å². The van der Waals surface area contributed by atoms with Crippen LogP contribution in [0.4, 0.5) is 24.5 Å². The molecule has 0 aromatic heterocycles. The molecule has 0 unspecified atom stereocenters. The number of benzene rings is 1. The van der Waals surface area contributed by atoms with Gasteiger partial charge < -0.3 is 4.90 Å². The molecule has 2 rings (SSSR count). The molecule has 0 atom stereocenters. The van der Waals surface area contributed by atoms with E-state index in [0.29, 0.717) is 6.07 Å². The van der Waals surface area contributed by atoms with E-state index in [9.17, 15) is 26.4 Å². The fourth-order valence-electron chi connectivity index (χ4n) is 2.85. The van der Waals surface area contributed by atoms with Crippen molar-refractivity contribution >= 4 is 44.6 Å². The number of hydrogen-bond donors (Lipinski definition) is 1. The molecule has 1 aromatic rings. The van der Waals surface area contributed by atoms with Gasteiger partial charge in [-0.3, -0.25) is 9.69 Å². The second-order valence-electron chi connectivity index (χ2n) is 6.67. The molecule has 1 aromatic carbocycles. The molecule has 0 saturated carbocycles. The third-order valence-corrected chi connectivity index (χ3v) is 5.56. The number of carbonyl (C=O) groups is 1. The van der Waals surface area contributed by atoms with Crippen LogP contribution >= 0.6 is 12.2 Å². The number of nitrogens with zero attached hydrogens (tertiary/aromatic N) is 3. The Balaban J connectivity index is 2.41. The van der Waals surface area contributed by atoms with Crippen LogP contribution in [0.15, 0.2) is 18.2 Å². The Labute approximate surface area is 165 Å². The van der Waals surface area contributed by atoms with E-state index in [1.54, 1.807) is 0 Å². The molecule has 1 amide bonds. The van der Waals surface area contributed by atoms with Gasteiger partial charge in [-0.1, -0.05) is 6.07 Å². The molecule has 2 N–H and O–H groups in total. The standard InChI is InChI=1S/C16H17F3N4O3S2/c1-15(2)13(24)23(14(27)22(15)7-4-8-28(20,25)26)10-5-6-12(21-3)11(9-10)16(17,18)19/h5-6,9H,4,7-8H2,1-2H3,(H2,20,25,26). The fraction of sp³-hybridized carbons (Fsp3) is 0.438. The lowest BCUT2D eigenvalue weighted by atomic mass is 10.0. The summed E-state index contributed by atoms with van der Waals surface area (Å²) in [6, 6.07) is 2.91. The number of anilines is 1. The number of alkyl halides is 3. The molecule has 12 heteroatoms. The zero-order valence-electron chi connectivity index (χ0n) is 14.9. The SMILES string of the molecule is [C-]#[N+]c1ccc(N2C(=O)C(C)(C)N(CCCS(N)(=O)=O)C2=S)cc1C(F)(F)F. The van der Waals surface area contributed by atoms with Crippen molar-refractivity contribution in [2.75, 3.05) is 17.2 Å². The van der Waals surface area contributed by atoms with Gasteiger partial charge >= 0.3 is 6.18 Å². The molecule has 1 aliphatic heterocycles. The third kappa shape index (κ3) is 4.26. The van der Waals surface area contributed by atoms with Gasteiger partial charge in [0.1, 0.15) is 5.54 Å². The van der Waals surface area contributed by atoms with Gasteiger partial charge in [0.2, 0.25) is 10.0 Å². The largest absolute Gasteiger partial charge is 0.407 e. The molecular weight excluding hydrogens is 417 g/mol. The number of nitrogens with two attached hydrogens (primary N) is 1. The van der Waals surface area contributed by atoms with E-state index in [1.807, 2.05) is 0 Å². The summed E-state index contributed by atoms with van der Waals surface area (Å²) in [5, 5.41) is 4.92. The van der Waals surface area contributed by atoms with E-state index < -0.39 is 38.9 Å². The van der Waals surface area contributed by atoms with Crippen molar-refractivity contribution in [3.63, 3.8) is 0 Å². The van der Waals surface area contributed by atoms with E-state index >= 15 is 0 Å². The predicted molar refractivity (Wildman–Crippen MR) is 101 cm³/mol. The number of hydrogen-bond acceptors (Lipinski definition) is 4. The summed E-state index contributed by atoms with van der Waals surface area (Å²) in [4.78, 5) is 18.1. The molecule has 1 fully saturated rings. The Kier molecular flexibility index (Phi) is 5.76. The Morgan fingerprint density at radius 3 is 2.43 bits per heavy atom. The molecule has 152 valence electrons. The van der Waals surface area contributed by atoms with Crippen LogP contribution in [0.3, 0.4) is 0 Å². The van der Waals surface area contributed by atoms with Crippen molar-refractivity contribution in [2.45, 2.75) is 32.0 Å². The molecule has 0 aliphatic carbocycles. The zero-order valence-corrected chi connectivity index (χ0v) is 16.6. The minimum atomic E-state index is -4.77. The molecule has 7 nitrogen and oxygen atoms in total. The van der Waals surface area contributed by atoms with E-state index in [0.717, 1.165) is 11.0 Å². The number of halogens is 3. The zero-order chi connectivity index (χ0) is 21.5. The maximum Gasteiger partial charge on any atom is 0.407 e. The van der Waals surface area contributed by atoms with Crippen LogP contribution in [0.2, 0.25) is 0 Å². The molecular formula is C16H17F3N4O3S2. The maximum atomic E-state index is 13.2. The highest BCUT2D eigenvalue weighted by atomic mass is 32.2. The van der Waals surface area contributed by atoms with Gasteiger partial charge in [0, 0.05) is 12.2 Å². The van der Waals surface area contributed by atoms with Crippen molar-refractivity contribution in [1.29, 1.82) is 0 Å². The Bertz CT molecular complexity index is 968. The third-order valence-electron chi connectivity index (χ3n) is 4.30. The van der Waals surface area contributed by atoms with Gasteiger partial charge in [0.15, 0.2) is 10.8 Å². The van der Waals surface area contributed by atoms with Crippen LogP contribution in [0.5, 0.6) is 0 Å². The minimum Gasteiger partial charge on any atom is -0.334 e. The topological polar surface area (TPSA) is 88.1 Å². The fourth-order valence-corrected chi connectivity index (χ4v) is 3.89. The normalized spacial score (nSPS) is 17.2. The number of thiocarbonyl (C=S) groups is 1. The smallest absolute Gasteiger partial charge is 0.334 e. The highest BCUT2D eigenvalue weighted by molar-refractivity contribution is 7.89. The summed E-state index contributed by atoms with van der Waals surface area (Å²) in [5.41, 5.74) is -3.05. The highest BCUT2D eigenvalue weighted by Crippen LogP contribution is 2.40. The van der Waals surface area contributed by atoms with Gasteiger partial charge in [-0.2, -0.15) is 13.2 Å². The van der Waals surface area contributed by atoms with Crippen LogP contribution < -0.4 is 10.0 Å². The minimum absolute atomic E-state index is 0.0480. The molecule has 1 aliphatic rings. The summed E-state index contributed by atoms with van der Waals surface area (Å²) >= 11 is 5.28. The molecule has 0 spiro atoms. The van der Waals surface area contributed by atoms with E-state index in [2.05, 4.69) is 4.85 Å². The molecule has 1 saturated heterocycles. The van der Waals surface area contributed by atoms with Gasteiger partial charge in [-0.05, 0) is 44.6 Å². The Morgan fingerprint density at radius 1 is 1.32 bits per heavy atom. The monoisotopic (exact) mass is 434 g/mol. The second kappa shape index (κ2) is 7.31. The van der Waals surface area contributed by atoms with Gasteiger partial charge in [0.05, 0.1) is 17.9 Å². The quantitative estimate of drug-likeness (QED) is 0.569. The second-order valence-corrected chi connectivity index (χ2v) is 8.76. The summed E-state index contributed by atoms with van der Waals surface area (Å²) in [6.45, 7) is 10.1. The van der Waals surface area contributed by atoms with Crippen molar-refractivity contribution in [2.24, 2.45) is 5.14 Å². The first kappa shape index (κ1) is 22.1. The number of primary sulfonamides is 1. The van der Waals surface area contributed by atoms with Crippen molar-refractivity contribution in [3.05, 3.63) is 35.2 Å². The predicted octanol–water partition coefficient (Wildman–Crippen LogP) is 2.65. The lowest BCUT2D eigenvalue weighted by Crippen LogP contribution is -2.45. The molecule has 0 radical (unpaired) electrons. The first-order chi connectivity index (χ1) is 12.7. The van der Waals surface area contributed by atoms with Gasteiger partial charge in [-0.15, -0.1) is 0 Å². The average Bonchev–Trinajstić information content (AvgIpc) is 2.72. The van der Waals surface area contributed by atoms with Crippen LogP contribution in [-0.2, 0) is 21.0 Å². The van der Waals surface area contributed by atoms with Crippen LogP contribution in [0.25, 0.3) is 4.85 Å². The summed E-state index contributed by atoms with van der Waals surface area (Å²) in [6.07, 6.45) is -4.68. The lowest BCUT2D eigenvalue weighted by molar-refractivity contribution is -0.136. The summed E-state index contributed by atoms with van der Waals surface area (Å²) < 4.78 is 62.0. The summed E-state index contributed by atoms with van der Waals surface area (Å²) in [5.74, 6) is -0.884. The van der Waals surface area contributed by atoms with E-state index in [1.165, 1.54) is 24.8 Å². The maximum absolute atomic E-state index is 13.2. The molecule has 1 heterocycles. The first-order valence-corrected chi connectivity index (χ1v) is 10.1. The number of carbonyl (C=O) groups excluding carboxylic acids is 1. The van der Waals surface area contributed by atoms with Crippen molar-refractivity contribution in [1.82, 2.24) is 4.90 Å². The van der Waals surface area contributed by atoms with Crippen LogP contribution in [0, 0.1) is 6.57 Å². The van der Waals surface area contributed by atoms with E-state index in [-0.39, 0.29) is 29.5 Å².